The van der Waals surface area contributed by atoms with Gasteiger partial charge in [-0.15, -0.1) is 0 Å². The van der Waals surface area contributed by atoms with Crippen LogP contribution in [0, 0.1) is 6.92 Å². The predicted octanol–water partition coefficient (Wildman–Crippen LogP) is 4.84. The van der Waals surface area contributed by atoms with Gasteiger partial charge < -0.3 is 10.6 Å². The lowest BCUT2D eigenvalue weighted by atomic mass is 9.89. The molecule has 0 radical (unpaired) electrons. The van der Waals surface area contributed by atoms with Crippen molar-refractivity contribution in [1.29, 1.82) is 0 Å². The van der Waals surface area contributed by atoms with Crippen molar-refractivity contribution in [3.8, 4) is 0 Å². The van der Waals surface area contributed by atoms with Crippen LogP contribution in [0.25, 0.3) is 0 Å². The van der Waals surface area contributed by atoms with Crippen molar-refractivity contribution in [3.63, 3.8) is 0 Å². The van der Waals surface area contributed by atoms with E-state index in [2.05, 4.69) is 44.8 Å². The lowest BCUT2D eigenvalue weighted by Gasteiger charge is -2.21. The maximum atomic E-state index is 12.4. The number of carbonyl (C=O) groups is 2. The third-order valence-electron chi connectivity index (χ3n) is 5.13. The van der Waals surface area contributed by atoms with Gasteiger partial charge in [-0.2, -0.15) is 0 Å². The molecule has 0 aliphatic heterocycles. The SMILES string of the molecule is CCC(NC(=O)C(=O)Nc1ccc(Br)cc1C)c1ccc2c(c1)CCCC2. The van der Waals surface area contributed by atoms with Crippen molar-refractivity contribution in [2.75, 3.05) is 5.32 Å². The molecule has 142 valence electrons. The number of fused-ring (bicyclic) bond motifs is 1. The number of hydrogen-bond donors (Lipinski definition) is 2. The quantitative estimate of drug-likeness (QED) is 0.684. The fraction of sp³-hybridized carbons (Fsp3) is 0.364. The first-order valence-electron chi connectivity index (χ1n) is 9.47. The first-order valence-corrected chi connectivity index (χ1v) is 10.3. The summed E-state index contributed by atoms with van der Waals surface area (Å²) in [7, 11) is 0. The van der Waals surface area contributed by atoms with E-state index in [9.17, 15) is 9.59 Å². The molecule has 0 heterocycles. The Morgan fingerprint density at radius 2 is 1.78 bits per heavy atom. The Hall–Kier alpha value is -2.14. The molecule has 0 bridgehead atoms. The van der Waals surface area contributed by atoms with E-state index >= 15 is 0 Å². The molecule has 1 aliphatic rings. The molecule has 4 nitrogen and oxygen atoms in total. The largest absolute Gasteiger partial charge is 0.341 e. The van der Waals surface area contributed by atoms with Crippen LogP contribution < -0.4 is 10.6 Å². The van der Waals surface area contributed by atoms with Gasteiger partial charge in [-0.3, -0.25) is 9.59 Å². The number of hydrogen-bond acceptors (Lipinski definition) is 2. The molecule has 3 rings (SSSR count). The summed E-state index contributed by atoms with van der Waals surface area (Å²) in [5.74, 6) is -1.25. The molecule has 0 aromatic heterocycles. The van der Waals surface area contributed by atoms with Crippen LogP contribution in [0.3, 0.4) is 0 Å². The Kier molecular flexibility index (Phi) is 6.32. The molecule has 1 unspecified atom stereocenters. The maximum Gasteiger partial charge on any atom is 0.313 e. The van der Waals surface area contributed by atoms with E-state index in [0.717, 1.165) is 34.9 Å². The van der Waals surface area contributed by atoms with E-state index in [1.165, 1.54) is 24.0 Å². The fourth-order valence-electron chi connectivity index (χ4n) is 3.56. The number of rotatable bonds is 4. The van der Waals surface area contributed by atoms with Crippen molar-refractivity contribution in [2.45, 2.75) is 52.0 Å². The van der Waals surface area contributed by atoms with E-state index < -0.39 is 11.8 Å². The van der Waals surface area contributed by atoms with Gasteiger partial charge in [0, 0.05) is 10.2 Å². The van der Waals surface area contributed by atoms with E-state index in [-0.39, 0.29) is 6.04 Å². The van der Waals surface area contributed by atoms with Gasteiger partial charge in [0.05, 0.1) is 6.04 Å². The average Bonchev–Trinajstić information content (AvgIpc) is 2.67. The van der Waals surface area contributed by atoms with Crippen LogP contribution in [0.1, 0.15) is 54.5 Å². The molecule has 2 aromatic rings. The summed E-state index contributed by atoms with van der Waals surface area (Å²) in [6, 6.07) is 11.8. The second-order valence-corrected chi connectivity index (χ2v) is 8.00. The summed E-state index contributed by atoms with van der Waals surface area (Å²) in [5.41, 5.74) is 5.39. The first-order chi connectivity index (χ1) is 13.0. The zero-order valence-electron chi connectivity index (χ0n) is 15.8. The third-order valence-corrected chi connectivity index (χ3v) is 5.62. The van der Waals surface area contributed by atoms with Gasteiger partial charge in [-0.05, 0) is 79.5 Å². The zero-order chi connectivity index (χ0) is 19.4. The standard InChI is InChI=1S/C22H25BrN2O2/c1-3-19(17-9-8-15-6-4-5-7-16(15)13-17)24-21(26)22(27)25-20-11-10-18(23)12-14(20)2/h8-13,19H,3-7H2,1-2H3,(H,24,26)(H,25,27). The molecule has 2 amide bonds. The molecule has 0 saturated heterocycles. The Morgan fingerprint density at radius 3 is 2.48 bits per heavy atom. The van der Waals surface area contributed by atoms with Crippen LogP contribution in [-0.2, 0) is 22.4 Å². The lowest BCUT2D eigenvalue weighted by molar-refractivity contribution is -0.136. The monoisotopic (exact) mass is 428 g/mol. The molecule has 27 heavy (non-hydrogen) atoms. The van der Waals surface area contributed by atoms with Crippen LogP contribution in [0.5, 0.6) is 0 Å². The molecule has 2 N–H and O–H groups in total. The molecular formula is C22H25BrN2O2. The Labute approximate surface area is 168 Å². The van der Waals surface area contributed by atoms with Gasteiger partial charge in [-0.25, -0.2) is 0 Å². The maximum absolute atomic E-state index is 12.4. The van der Waals surface area contributed by atoms with Gasteiger partial charge in [0.25, 0.3) is 0 Å². The van der Waals surface area contributed by atoms with Crippen LogP contribution in [-0.4, -0.2) is 11.8 Å². The Bertz CT molecular complexity index is 863. The molecule has 0 spiro atoms. The molecule has 2 aromatic carbocycles. The molecular weight excluding hydrogens is 404 g/mol. The van der Waals surface area contributed by atoms with E-state index in [0.29, 0.717) is 5.69 Å². The Morgan fingerprint density at radius 1 is 1.04 bits per heavy atom. The van der Waals surface area contributed by atoms with Gasteiger partial charge in [-0.1, -0.05) is 41.1 Å². The normalized spacial score (nSPS) is 14.2. The summed E-state index contributed by atoms with van der Waals surface area (Å²) in [5, 5.41) is 5.58. The van der Waals surface area contributed by atoms with E-state index in [4.69, 9.17) is 0 Å². The van der Waals surface area contributed by atoms with Crippen molar-refractivity contribution in [2.24, 2.45) is 0 Å². The minimum atomic E-state index is -0.642. The summed E-state index contributed by atoms with van der Waals surface area (Å²) in [6.07, 6.45) is 5.42. The summed E-state index contributed by atoms with van der Waals surface area (Å²) < 4.78 is 0.931. The number of amides is 2. The predicted molar refractivity (Wildman–Crippen MR) is 112 cm³/mol. The highest BCUT2D eigenvalue weighted by molar-refractivity contribution is 9.10. The first kappa shape index (κ1) is 19.6. The number of nitrogens with one attached hydrogen (secondary N) is 2. The smallest absolute Gasteiger partial charge is 0.313 e. The van der Waals surface area contributed by atoms with E-state index in [1.54, 1.807) is 6.07 Å². The topological polar surface area (TPSA) is 58.2 Å². The Balaban J connectivity index is 1.68. The highest BCUT2D eigenvalue weighted by atomic mass is 79.9. The second kappa shape index (κ2) is 8.70. The minimum absolute atomic E-state index is 0.165. The van der Waals surface area contributed by atoms with E-state index in [1.807, 2.05) is 26.0 Å². The number of anilines is 1. The van der Waals surface area contributed by atoms with Crippen LogP contribution >= 0.6 is 15.9 Å². The molecule has 1 aliphatic carbocycles. The van der Waals surface area contributed by atoms with Crippen LogP contribution in [0.2, 0.25) is 0 Å². The van der Waals surface area contributed by atoms with Crippen molar-refractivity contribution in [3.05, 3.63) is 63.1 Å². The number of carbonyl (C=O) groups excluding carboxylic acids is 2. The van der Waals surface area contributed by atoms with Gasteiger partial charge in [0.15, 0.2) is 0 Å². The number of benzene rings is 2. The van der Waals surface area contributed by atoms with Crippen LogP contribution in [0.4, 0.5) is 5.69 Å². The molecule has 5 heteroatoms. The fourth-order valence-corrected chi connectivity index (χ4v) is 4.04. The lowest BCUT2D eigenvalue weighted by Crippen LogP contribution is -2.37. The van der Waals surface area contributed by atoms with Crippen molar-refractivity contribution >= 4 is 33.4 Å². The summed E-state index contributed by atoms with van der Waals surface area (Å²) >= 11 is 3.39. The summed E-state index contributed by atoms with van der Waals surface area (Å²) in [6.45, 7) is 3.90. The highest BCUT2D eigenvalue weighted by Gasteiger charge is 2.20. The van der Waals surface area contributed by atoms with Crippen LogP contribution in [0.15, 0.2) is 40.9 Å². The highest BCUT2D eigenvalue weighted by Crippen LogP contribution is 2.26. The van der Waals surface area contributed by atoms with Gasteiger partial charge in [0.1, 0.15) is 0 Å². The second-order valence-electron chi connectivity index (χ2n) is 7.08. The molecule has 0 saturated carbocycles. The van der Waals surface area contributed by atoms with Gasteiger partial charge >= 0.3 is 11.8 Å². The minimum Gasteiger partial charge on any atom is -0.341 e. The average molecular weight is 429 g/mol. The van der Waals surface area contributed by atoms with Crippen molar-refractivity contribution < 1.29 is 9.59 Å². The summed E-state index contributed by atoms with van der Waals surface area (Å²) in [4.78, 5) is 24.8. The van der Waals surface area contributed by atoms with Gasteiger partial charge in [0.2, 0.25) is 0 Å². The zero-order valence-corrected chi connectivity index (χ0v) is 17.4. The molecule has 1 atom stereocenters. The molecule has 0 fully saturated rings. The van der Waals surface area contributed by atoms with Crippen molar-refractivity contribution in [1.82, 2.24) is 5.32 Å². The third kappa shape index (κ3) is 4.78. The number of halogens is 1. The number of aryl methyl sites for hydroxylation is 3.